The molecule has 2 aromatic heterocycles. The highest BCUT2D eigenvalue weighted by atomic mass is 19.4. The lowest BCUT2D eigenvalue weighted by molar-refractivity contribution is -0.148. The molecule has 0 N–H and O–H groups in total. The summed E-state index contributed by atoms with van der Waals surface area (Å²) in [6, 6.07) is 2.92. The number of halogens is 6. The molecule has 0 unspecified atom stereocenters. The summed E-state index contributed by atoms with van der Waals surface area (Å²) < 4.78 is 78.4. The van der Waals surface area contributed by atoms with Crippen LogP contribution in [0, 0.1) is 22.7 Å². The van der Waals surface area contributed by atoms with E-state index in [1.165, 1.54) is 31.3 Å². The molecule has 0 saturated heterocycles. The van der Waals surface area contributed by atoms with Gasteiger partial charge >= 0.3 is 12.4 Å². The van der Waals surface area contributed by atoms with Gasteiger partial charge in [0.05, 0.1) is 5.57 Å². The fraction of sp³-hybridized carbons (Fsp3) is 0.286. The van der Waals surface area contributed by atoms with E-state index < -0.39 is 40.6 Å². The monoisotopic (exact) mass is 374 g/mol. The minimum Gasteiger partial charge on any atom is -0.382 e. The van der Waals surface area contributed by atoms with Crippen molar-refractivity contribution in [3.8, 4) is 12.1 Å². The van der Waals surface area contributed by atoms with Crippen molar-refractivity contribution in [2.24, 2.45) is 0 Å². The SMILES string of the molecule is CN(C)C=C(C#N)c1nn2c(C(F)(F)F)cc(C(F)(F)F)nc2c1C#N. The Morgan fingerprint density at radius 1 is 1.15 bits per heavy atom. The molecule has 136 valence electrons. The van der Waals surface area contributed by atoms with Gasteiger partial charge in [-0.2, -0.15) is 42.0 Å². The molecule has 0 radical (unpaired) electrons. The summed E-state index contributed by atoms with van der Waals surface area (Å²) in [6.45, 7) is 0. The summed E-state index contributed by atoms with van der Waals surface area (Å²) >= 11 is 0. The number of rotatable bonds is 2. The lowest BCUT2D eigenvalue weighted by atomic mass is 10.1. The Hall–Kier alpha value is -3.28. The lowest BCUT2D eigenvalue weighted by Crippen LogP contribution is -2.18. The number of allylic oxidation sites excluding steroid dienone is 1. The lowest BCUT2D eigenvalue weighted by Gasteiger charge is -2.12. The van der Waals surface area contributed by atoms with Gasteiger partial charge in [0.2, 0.25) is 0 Å². The van der Waals surface area contributed by atoms with Crippen LogP contribution < -0.4 is 0 Å². The molecular formula is C14H8F6N6. The van der Waals surface area contributed by atoms with Crippen LogP contribution in [0.1, 0.15) is 22.6 Å². The van der Waals surface area contributed by atoms with Gasteiger partial charge in [0.1, 0.15) is 29.1 Å². The Morgan fingerprint density at radius 3 is 2.19 bits per heavy atom. The van der Waals surface area contributed by atoms with Gasteiger partial charge in [-0.1, -0.05) is 0 Å². The van der Waals surface area contributed by atoms with Crippen molar-refractivity contribution in [3.05, 3.63) is 34.9 Å². The predicted molar refractivity (Wildman–Crippen MR) is 75.0 cm³/mol. The van der Waals surface area contributed by atoms with E-state index in [1.807, 2.05) is 0 Å². The van der Waals surface area contributed by atoms with Crippen LogP contribution in [0.4, 0.5) is 26.3 Å². The van der Waals surface area contributed by atoms with Gasteiger partial charge in [0.25, 0.3) is 0 Å². The first-order valence-electron chi connectivity index (χ1n) is 6.67. The number of hydrogen-bond donors (Lipinski definition) is 0. The van der Waals surface area contributed by atoms with E-state index in [-0.39, 0.29) is 16.2 Å². The zero-order valence-corrected chi connectivity index (χ0v) is 13.1. The van der Waals surface area contributed by atoms with E-state index in [9.17, 15) is 31.6 Å². The maximum atomic E-state index is 13.2. The highest BCUT2D eigenvalue weighted by Gasteiger charge is 2.41. The third kappa shape index (κ3) is 3.39. The second-order valence-electron chi connectivity index (χ2n) is 5.21. The van der Waals surface area contributed by atoms with Crippen molar-refractivity contribution in [3.63, 3.8) is 0 Å². The maximum absolute atomic E-state index is 13.2. The molecule has 0 aromatic carbocycles. The molecule has 12 heteroatoms. The molecule has 0 fully saturated rings. The fourth-order valence-corrected chi connectivity index (χ4v) is 2.06. The van der Waals surface area contributed by atoms with Crippen LogP contribution in [0.5, 0.6) is 0 Å². The molecule has 0 aliphatic heterocycles. The topological polar surface area (TPSA) is 81.0 Å². The van der Waals surface area contributed by atoms with Crippen LogP contribution in [0.25, 0.3) is 11.2 Å². The Kier molecular flexibility index (Phi) is 4.56. The average Bonchev–Trinajstić information content (AvgIpc) is 2.87. The maximum Gasteiger partial charge on any atom is 0.433 e. The first-order chi connectivity index (χ1) is 11.9. The quantitative estimate of drug-likeness (QED) is 0.596. The normalized spacial score (nSPS) is 12.8. The van der Waals surface area contributed by atoms with Crippen LogP contribution in [0.2, 0.25) is 0 Å². The minimum absolute atomic E-state index is 0.0873. The third-order valence-electron chi connectivity index (χ3n) is 3.04. The van der Waals surface area contributed by atoms with Gasteiger partial charge in [-0.3, -0.25) is 0 Å². The minimum atomic E-state index is -5.20. The van der Waals surface area contributed by atoms with E-state index in [1.54, 1.807) is 6.07 Å². The molecular weight excluding hydrogens is 366 g/mol. The van der Waals surface area contributed by atoms with E-state index in [0.29, 0.717) is 0 Å². The van der Waals surface area contributed by atoms with Crippen molar-refractivity contribution in [2.45, 2.75) is 12.4 Å². The van der Waals surface area contributed by atoms with Gasteiger partial charge in [-0.25, -0.2) is 9.50 Å². The van der Waals surface area contributed by atoms with Crippen molar-refractivity contribution >= 4 is 11.2 Å². The smallest absolute Gasteiger partial charge is 0.382 e. The number of fused-ring (bicyclic) bond motifs is 1. The molecule has 26 heavy (non-hydrogen) atoms. The standard InChI is InChI=1S/C14H8F6N6/c1-25(2)6-7(4-21)11-8(5-22)12-23-9(13(15,16)17)3-10(14(18,19)20)26(12)24-11/h3,6H,1-2H3. The molecule has 0 aliphatic rings. The van der Waals surface area contributed by atoms with Gasteiger partial charge in [-0.05, 0) is 6.07 Å². The number of hydrogen-bond acceptors (Lipinski definition) is 5. The Balaban J connectivity index is 2.98. The van der Waals surface area contributed by atoms with Crippen molar-refractivity contribution in [1.82, 2.24) is 19.5 Å². The Bertz CT molecular complexity index is 967. The second-order valence-corrected chi connectivity index (χ2v) is 5.21. The summed E-state index contributed by atoms with van der Waals surface area (Å²) in [5, 5.41) is 21.9. The number of alkyl halides is 6. The van der Waals surface area contributed by atoms with Crippen molar-refractivity contribution in [1.29, 1.82) is 10.5 Å². The Labute approximate surface area is 142 Å². The van der Waals surface area contributed by atoms with Gasteiger partial charge in [0.15, 0.2) is 11.3 Å². The van der Waals surface area contributed by atoms with Crippen LogP contribution in [-0.4, -0.2) is 33.6 Å². The van der Waals surface area contributed by atoms with Crippen molar-refractivity contribution in [2.75, 3.05) is 14.1 Å². The molecule has 0 bridgehead atoms. The highest BCUT2D eigenvalue weighted by Crippen LogP contribution is 2.36. The van der Waals surface area contributed by atoms with E-state index >= 15 is 0 Å². The predicted octanol–water partition coefficient (Wildman–Crippen LogP) is 3.06. The van der Waals surface area contributed by atoms with Crippen LogP contribution in [0.15, 0.2) is 12.3 Å². The molecule has 0 aliphatic carbocycles. The molecule has 0 atom stereocenters. The molecule has 6 nitrogen and oxygen atoms in total. The second kappa shape index (κ2) is 6.22. The fourth-order valence-electron chi connectivity index (χ4n) is 2.06. The van der Waals surface area contributed by atoms with E-state index in [2.05, 4.69) is 10.1 Å². The first kappa shape index (κ1) is 19.1. The summed E-state index contributed by atoms with van der Waals surface area (Å²) in [5.74, 6) is 0. The van der Waals surface area contributed by atoms with E-state index in [0.717, 1.165) is 0 Å². The number of nitriles is 2. The third-order valence-corrected chi connectivity index (χ3v) is 3.04. The summed E-state index contributed by atoms with van der Waals surface area (Å²) in [5.41, 5.74) is -6.00. The van der Waals surface area contributed by atoms with Crippen molar-refractivity contribution < 1.29 is 26.3 Å². The largest absolute Gasteiger partial charge is 0.433 e. The molecule has 2 aromatic rings. The number of nitrogens with zero attached hydrogens (tertiary/aromatic N) is 6. The van der Waals surface area contributed by atoms with Gasteiger partial charge in [-0.15, -0.1) is 0 Å². The molecule has 0 amide bonds. The van der Waals surface area contributed by atoms with Crippen LogP contribution in [-0.2, 0) is 12.4 Å². The molecule has 0 saturated carbocycles. The van der Waals surface area contributed by atoms with Crippen LogP contribution >= 0.6 is 0 Å². The first-order valence-corrected chi connectivity index (χ1v) is 6.67. The zero-order chi connectivity index (χ0) is 19.9. The molecule has 2 heterocycles. The Morgan fingerprint density at radius 2 is 1.77 bits per heavy atom. The van der Waals surface area contributed by atoms with Gasteiger partial charge in [0, 0.05) is 20.3 Å². The summed E-state index contributed by atoms with van der Waals surface area (Å²) in [7, 11) is 3.00. The molecule has 2 rings (SSSR count). The van der Waals surface area contributed by atoms with Gasteiger partial charge < -0.3 is 4.90 Å². The average molecular weight is 374 g/mol. The van der Waals surface area contributed by atoms with E-state index in [4.69, 9.17) is 5.26 Å². The van der Waals surface area contributed by atoms with Crippen LogP contribution in [0.3, 0.4) is 0 Å². The molecule has 0 spiro atoms. The highest BCUT2D eigenvalue weighted by molar-refractivity contribution is 5.81. The zero-order valence-electron chi connectivity index (χ0n) is 13.1. The number of aromatic nitrogens is 3. The summed E-state index contributed by atoms with van der Waals surface area (Å²) in [6.07, 6.45) is -9.20. The summed E-state index contributed by atoms with van der Waals surface area (Å²) in [4.78, 5) is 4.47.